The number of rotatable bonds is 5. The second-order valence-corrected chi connectivity index (χ2v) is 5.31. The van der Waals surface area contributed by atoms with Crippen molar-refractivity contribution in [3.8, 4) is 0 Å². The van der Waals surface area contributed by atoms with E-state index in [1.807, 2.05) is 0 Å². The molecule has 1 aliphatic rings. The predicted molar refractivity (Wildman–Crippen MR) is 72.7 cm³/mol. The molecule has 1 aliphatic carbocycles. The lowest BCUT2D eigenvalue weighted by Crippen LogP contribution is -2.36. The van der Waals surface area contributed by atoms with E-state index < -0.39 is 33.3 Å². The minimum Gasteiger partial charge on any atom is -0.368 e. The quantitative estimate of drug-likeness (QED) is 0.660. The minimum absolute atomic E-state index is 0.135. The highest BCUT2D eigenvalue weighted by atomic mass is 35.5. The molecule has 0 heterocycles. The van der Waals surface area contributed by atoms with Crippen LogP contribution in [-0.4, -0.2) is 23.4 Å². The molecule has 22 heavy (non-hydrogen) atoms. The number of halogens is 4. The molecule has 1 aromatic rings. The molecule has 0 unspecified atom stereocenters. The summed E-state index contributed by atoms with van der Waals surface area (Å²) in [6.07, 6.45) is -3.47. The van der Waals surface area contributed by atoms with Gasteiger partial charge in [0.1, 0.15) is 5.69 Å². The number of anilines is 1. The van der Waals surface area contributed by atoms with Crippen LogP contribution in [0.4, 0.5) is 24.5 Å². The van der Waals surface area contributed by atoms with Gasteiger partial charge in [0.25, 0.3) is 5.69 Å². The molecule has 0 aliphatic heterocycles. The second-order valence-electron chi connectivity index (χ2n) is 4.90. The molecule has 2 rings (SSSR count). The van der Waals surface area contributed by atoms with Crippen LogP contribution >= 0.6 is 11.6 Å². The summed E-state index contributed by atoms with van der Waals surface area (Å²) in [4.78, 5) is 22.6. The van der Waals surface area contributed by atoms with Crippen molar-refractivity contribution in [1.82, 2.24) is 0 Å². The Morgan fingerprint density at radius 2 is 2.05 bits per heavy atom. The Labute approximate surface area is 127 Å². The molecule has 10 heteroatoms. The monoisotopic (exact) mass is 337 g/mol. The van der Waals surface area contributed by atoms with Crippen LogP contribution in [0.3, 0.4) is 0 Å². The Kier molecular flexibility index (Phi) is 4.19. The summed E-state index contributed by atoms with van der Waals surface area (Å²) < 4.78 is 38.4. The first kappa shape index (κ1) is 16.3. The first-order chi connectivity index (χ1) is 10.1. The summed E-state index contributed by atoms with van der Waals surface area (Å²) in [5, 5.41) is 10.4. The smallest absolute Gasteiger partial charge is 0.368 e. The first-order valence-corrected chi connectivity index (χ1v) is 6.59. The molecule has 1 amide bonds. The number of nitrogens with zero attached hydrogens (tertiary/aromatic N) is 2. The Bertz CT molecular complexity index is 632. The fraction of sp³-hybridized carbons (Fsp3) is 0.417. The SMILES string of the molecule is NC(=O)CN(c1cc(Cl)c(C(F)(F)F)cc1[N+](=O)[O-])C1CC1. The number of primary amides is 1. The number of nitro benzene ring substituents is 1. The third-order valence-corrected chi connectivity index (χ3v) is 3.50. The van der Waals surface area contributed by atoms with Crippen molar-refractivity contribution in [3.63, 3.8) is 0 Å². The Balaban J connectivity index is 2.56. The zero-order chi connectivity index (χ0) is 16.7. The molecule has 0 spiro atoms. The van der Waals surface area contributed by atoms with Crippen LogP contribution in [0.1, 0.15) is 18.4 Å². The van der Waals surface area contributed by atoms with E-state index in [0.29, 0.717) is 18.9 Å². The molecule has 1 fully saturated rings. The van der Waals surface area contributed by atoms with Crippen molar-refractivity contribution in [2.75, 3.05) is 11.4 Å². The van der Waals surface area contributed by atoms with Gasteiger partial charge in [0.05, 0.1) is 22.1 Å². The van der Waals surface area contributed by atoms with E-state index in [2.05, 4.69) is 0 Å². The third-order valence-electron chi connectivity index (χ3n) is 3.19. The van der Waals surface area contributed by atoms with Gasteiger partial charge < -0.3 is 10.6 Å². The van der Waals surface area contributed by atoms with E-state index in [1.165, 1.54) is 4.90 Å². The van der Waals surface area contributed by atoms with Crippen LogP contribution in [0, 0.1) is 10.1 Å². The number of nitro groups is 1. The zero-order valence-electron chi connectivity index (χ0n) is 11.1. The summed E-state index contributed by atoms with van der Waals surface area (Å²) in [5.74, 6) is -0.739. The van der Waals surface area contributed by atoms with Gasteiger partial charge in [-0.3, -0.25) is 14.9 Å². The van der Waals surface area contributed by atoms with Gasteiger partial charge in [-0.15, -0.1) is 0 Å². The average molecular weight is 338 g/mol. The van der Waals surface area contributed by atoms with Crippen LogP contribution in [-0.2, 0) is 11.0 Å². The number of carbonyl (C=O) groups excluding carboxylic acids is 1. The van der Waals surface area contributed by atoms with E-state index in [-0.39, 0.29) is 18.3 Å². The molecule has 1 aromatic carbocycles. The number of carbonyl (C=O) groups is 1. The molecule has 0 radical (unpaired) electrons. The molecule has 0 bridgehead atoms. The van der Waals surface area contributed by atoms with Crippen molar-refractivity contribution in [2.24, 2.45) is 5.73 Å². The summed E-state index contributed by atoms with van der Waals surface area (Å²) in [7, 11) is 0. The highest BCUT2D eigenvalue weighted by Crippen LogP contribution is 2.43. The summed E-state index contributed by atoms with van der Waals surface area (Å²) in [5.41, 5.74) is 2.91. The summed E-state index contributed by atoms with van der Waals surface area (Å²) in [6.45, 7) is -0.326. The summed E-state index contributed by atoms with van der Waals surface area (Å²) in [6, 6.07) is 1.08. The highest BCUT2D eigenvalue weighted by molar-refractivity contribution is 6.31. The van der Waals surface area contributed by atoms with Crippen LogP contribution in [0.5, 0.6) is 0 Å². The van der Waals surface area contributed by atoms with Gasteiger partial charge in [-0.2, -0.15) is 13.2 Å². The van der Waals surface area contributed by atoms with Gasteiger partial charge >= 0.3 is 6.18 Å². The molecule has 120 valence electrons. The molecule has 0 saturated heterocycles. The van der Waals surface area contributed by atoms with Gasteiger partial charge in [-0.25, -0.2) is 0 Å². The van der Waals surface area contributed by atoms with Crippen molar-refractivity contribution in [3.05, 3.63) is 32.8 Å². The molecule has 0 atom stereocenters. The zero-order valence-corrected chi connectivity index (χ0v) is 11.8. The predicted octanol–water partition coefficient (Wildman–Crippen LogP) is 2.72. The van der Waals surface area contributed by atoms with Crippen LogP contribution in [0.25, 0.3) is 0 Å². The van der Waals surface area contributed by atoms with Crippen LogP contribution < -0.4 is 10.6 Å². The van der Waals surface area contributed by atoms with E-state index >= 15 is 0 Å². The molecule has 6 nitrogen and oxygen atoms in total. The van der Waals surface area contributed by atoms with E-state index in [9.17, 15) is 28.1 Å². The first-order valence-electron chi connectivity index (χ1n) is 6.21. The standard InChI is InChI=1S/C12H11ClF3N3O3/c13-8-4-9(18(5-11(17)20)6-1-2-6)10(19(21)22)3-7(8)12(14,15)16/h3-4,6H,1-2,5H2,(H2,17,20). The van der Waals surface area contributed by atoms with Crippen molar-refractivity contribution < 1.29 is 22.9 Å². The van der Waals surface area contributed by atoms with Crippen molar-refractivity contribution in [1.29, 1.82) is 0 Å². The maximum atomic E-state index is 12.8. The molecular formula is C12H11ClF3N3O3. The number of alkyl halides is 3. The highest BCUT2D eigenvalue weighted by Gasteiger charge is 2.39. The van der Waals surface area contributed by atoms with E-state index in [0.717, 1.165) is 6.07 Å². The number of benzene rings is 1. The number of hydrogen-bond acceptors (Lipinski definition) is 4. The number of amides is 1. The lowest BCUT2D eigenvalue weighted by Gasteiger charge is -2.23. The lowest BCUT2D eigenvalue weighted by molar-refractivity contribution is -0.384. The van der Waals surface area contributed by atoms with Crippen molar-refractivity contribution >= 4 is 28.9 Å². The molecule has 2 N–H and O–H groups in total. The topological polar surface area (TPSA) is 89.5 Å². The summed E-state index contributed by atoms with van der Waals surface area (Å²) >= 11 is 5.61. The van der Waals surface area contributed by atoms with Gasteiger partial charge in [-0.05, 0) is 18.9 Å². The maximum absolute atomic E-state index is 12.8. The van der Waals surface area contributed by atoms with Gasteiger partial charge in [-0.1, -0.05) is 11.6 Å². The third kappa shape index (κ3) is 3.41. The normalized spacial score (nSPS) is 14.7. The van der Waals surface area contributed by atoms with Gasteiger partial charge in [0, 0.05) is 12.1 Å². The Hall–Kier alpha value is -2.03. The fourth-order valence-corrected chi connectivity index (χ4v) is 2.37. The van der Waals surface area contributed by atoms with E-state index in [4.69, 9.17) is 17.3 Å². The van der Waals surface area contributed by atoms with Crippen LogP contribution in [0.2, 0.25) is 5.02 Å². The molecular weight excluding hydrogens is 327 g/mol. The Morgan fingerprint density at radius 1 is 1.45 bits per heavy atom. The Morgan fingerprint density at radius 3 is 2.45 bits per heavy atom. The van der Waals surface area contributed by atoms with Crippen molar-refractivity contribution in [2.45, 2.75) is 25.1 Å². The minimum atomic E-state index is -4.81. The van der Waals surface area contributed by atoms with Gasteiger partial charge in [0.2, 0.25) is 5.91 Å². The fourth-order valence-electron chi connectivity index (χ4n) is 2.11. The van der Waals surface area contributed by atoms with Crippen LogP contribution in [0.15, 0.2) is 12.1 Å². The van der Waals surface area contributed by atoms with Gasteiger partial charge in [0.15, 0.2) is 0 Å². The maximum Gasteiger partial charge on any atom is 0.418 e. The lowest BCUT2D eigenvalue weighted by atomic mass is 10.1. The molecule has 0 aromatic heterocycles. The average Bonchev–Trinajstić information content (AvgIpc) is 3.17. The number of nitrogens with two attached hydrogens (primary N) is 1. The molecule has 1 saturated carbocycles. The van der Waals surface area contributed by atoms with E-state index in [1.54, 1.807) is 0 Å². The largest absolute Gasteiger partial charge is 0.418 e. The second kappa shape index (κ2) is 5.64. The number of hydrogen-bond donors (Lipinski definition) is 1.